The van der Waals surface area contributed by atoms with E-state index in [1.165, 1.54) is 7.05 Å². The zero-order valence-corrected chi connectivity index (χ0v) is 21.6. The number of nitrogens with one attached hydrogen (secondary N) is 1. The van der Waals surface area contributed by atoms with E-state index in [1.807, 2.05) is 6.92 Å². The number of aliphatic hydroxyl groups is 2. The molecule has 0 unspecified atom stereocenters. The molecule has 0 spiro atoms. The molecule has 1 atom stereocenters. The summed E-state index contributed by atoms with van der Waals surface area (Å²) in [6, 6.07) is 7.67. The highest BCUT2D eigenvalue weighted by molar-refractivity contribution is 5.89. The minimum absolute atomic E-state index is 0.0562. The van der Waals surface area contributed by atoms with Crippen molar-refractivity contribution in [2.24, 2.45) is 0 Å². The third kappa shape index (κ3) is 4.72. The van der Waals surface area contributed by atoms with E-state index in [4.69, 9.17) is 4.52 Å². The van der Waals surface area contributed by atoms with Crippen LogP contribution in [0.2, 0.25) is 0 Å². The largest absolute Gasteiger partial charge is 0.389 e. The highest BCUT2D eigenvalue weighted by atomic mass is 19.3. The van der Waals surface area contributed by atoms with E-state index in [0.29, 0.717) is 23.6 Å². The summed E-state index contributed by atoms with van der Waals surface area (Å²) in [5.41, 5.74) is -1.45. The number of hydrogen-bond donors (Lipinski definition) is 3. The summed E-state index contributed by atoms with van der Waals surface area (Å²) < 4.78 is 35.7. The molecule has 4 aromatic rings. The minimum atomic E-state index is -3.77. The van der Waals surface area contributed by atoms with E-state index in [-0.39, 0.29) is 17.3 Å². The number of carbonyl (C=O) groups is 1. The monoisotopic (exact) mass is 540 g/mol. The summed E-state index contributed by atoms with van der Waals surface area (Å²) in [5, 5.41) is 31.9. The standard InChI is InChI=1S/C25H26F2N8O4/c1-14-19(11-29-35(14)12-23(2,3)37)32-22-28-9-8-17(31-22)15-6-5-7-16(30-15)18-10-20(39-33-18)25(38)21(36)34(4)13-24(25,26)27/h5-11,37-38H,12-13H2,1-4H3,(H,28,31,32)/t25-/m1/s1. The Balaban J connectivity index is 1.40. The van der Waals surface area contributed by atoms with Gasteiger partial charge >= 0.3 is 5.92 Å². The van der Waals surface area contributed by atoms with Gasteiger partial charge in [-0.1, -0.05) is 11.2 Å². The molecule has 4 aromatic heterocycles. The molecule has 3 N–H and O–H groups in total. The second-order valence-electron chi connectivity index (χ2n) is 10.1. The Morgan fingerprint density at radius 3 is 2.51 bits per heavy atom. The molecule has 0 radical (unpaired) electrons. The van der Waals surface area contributed by atoms with Crippen LogP contribution in [0, 0.1) is 6.92 Å². The predicted octanol–water partition coefficient (Wildman–Crippen LogP) is 2.51. The molecule has 204 valence electrons. The van der Waals surface area contributed by atoms with Gasteiger partial charge in [-0.15, -0.1) is 0 Å². The molecule has 14 heteroatoms. The van der Waals surface area contributed by atoms with Crippen molar-refractivity contribution in [3.63, 3.8) is 0 Å². The molecule has 1 fully saturated rings. The summed E-state index contributed by atoms with van der Waals surface area (Å²) in [5.74, 6) is -5.34. The van der Waals surface area contributed by atoms with Crippen LogP contribution in [0.25, 0.3) is 22.8 Å². The highest BCUT2D eigenvalue weighted by Crippen LogP contribution is 2.45. The average molecular weight is 541 g/mol. The van der Waals surface area contributed by atoms with Gasteiger partial charge in [-0.2, -0.15) is 5.10 Å². The number of carbonyl (C=O) groups excluding carboxylic acids is 1. The minimum Gasteiger partial charge on any atom is -0.389 e. The second kappa shape index (κ2) is 9.17. The lowest BCUT2D eigenvalue weighted by atomic mass is 9.95. The van der Waals surface area contributed by atoms with Crippen LogP contribution in [0.15, 0.2) is 47.2 Å². The van der Waals surface area contributed by atoms with Crippen LogP contribution in [0.4, 0.5) is 20.4 Å². The van der Waals surface area contributed by atoms with Crippen LogP contribution in [-0.2, 0) is 16.9 Å². The van der Waals surface area contributed by atoms with Gasteiger partial charge < -0.3 is 25.0 Å². The molecular weight excluding hydrogens is 514 g/mol. The van der Waals surface area contributed by atoms with Crippen LogP contribution < -0.4 is 5.32 Å². The Kier molecular flexibility index (Phi) is 6.18. The van der Waals surface area contributed by atoms with Crippen molar-refractivity contribution in [2.45, 2.75) is 44.4 Å². The number of aromatic nitrogens is 6. The predicted molar refractivity (Wildman–Crippen MR) is 134 cm³/mol. The molecule has 12 nitrogen and oxygen atoms in total. The third-order valence-corrected chi connectivity index (χ3v) is 6.30. The van der Waals surface area contributed by atoms with Crippen molar-refractivity contribution in [1.82, 2.24) is 34.8 Å². The van der Waals surface area contributed by atoms with Crippen molar-refractivity contribution in [3.05, 3.63) is 54.2 Å². The zero-order valence-electron chi connectivity index (χ0n) is 21.6. The smallest absolute Gasteiger partial charge is 0.309 e. The maximum absolute atomic E-state index is 14.5. The normalized spacial score (nSPS) is 19.1. The van der Waals surface area contributed by atoms with E-state index >= 15 is 0 Å². The topological polar surface area (TPSA) is 155 Å². The number of pyridine rings is 1. The number of nitrogens with zero attached hydrogens (tertiary/aromatic N) is 7. The Morgan fingerprint density at radius 1 is 1.15 bits per heavy atom. The summed E-state index contributed by atoms with van der Waals surface area (Å²) >= 11 is 0. The molecule has 1 aliphatic rings. The quantitative estimate of drug-likeness (QED) is 0.318. The van der Waals surface area contributed by atoms with Crippen LogP contribution in [0.5, 0.6) is 0 Å². The van der Waals surface area contributed by atoms with Gasteiger partial charge in [0, 0.05) is 19.3 Å². The van der Waals surface area contributed by atoms with Gasteiger partial charge in [0.2, 0.25) is 5.95 Å². The van der Waals surface area contributed by atoms with Crippen LogP contribution >= 0.6 is 0 Å². The fourth-order valence-corrected chi connectivity index (χ4v) is 4.27. The van der Waals surface area contributed by atoms with Crippen LogP contribution in [0.1, 0.15) is 25.3 Å². The maximum Gasteiger partial charge on any atom is 0.309 e. The van der Waals surface area contributed by atoms with Crippen molar-refractivity contribution in [2.75, 3.05) is 18.9 Å². The number of anilines is 2. The van der Waals surface area contributed by atoms with Crippen LogP contribution in [0.3, 0.4) is 0 Å². The van der Waals surface area contributed by atoms with Gasteiger partial charge in [0.25, 0.3) is 11.5 Å². The molecule has 39 heavy (non-hydrogen) atoms. The van der Waals surface area contributed by atoms with Crippen molar-refractivity contribution in [1.29, 1.82) is 0 Å². The van der Waals surface area contributed by atoms with E-state index in [1.54, 1.807) is 55.2 Å². The van der Waals surface area contributed by atoms with Gasteiger partial charge in [0.1, 0.15) is 5.69 Å². The Labute approximate surface area is 221 Å². The summed E-state index contributed by atoms with van der Waals surface area (Å²) in [7, 11) is 1.17. The number of hydrogen-bond acceptors (Lipinski definition) is 10. The average Bonchev–Trinajstić information content (AvgIpc) is 3.54. The van der Waals surface area contributed by atoms with Gasteiger partial charge in [-0.25, -0.2) is 23.7 Å². The summed E-state index contributed by atoms with van der Waals surface area (Å²) in [6.45, 7) is 4.60. The Hall–Kier alpha value is -4.30. The number of amides is 1. The van der Waals surface area contributed by atoms with Crippen LogP contribution in [-0.4, -0.2) is 76.0 Å². The number of likely N-dealkylation sites (N-methyl/N-ethyl adjacent to an activating group) is 1. The van der Waals surface area contributed by atoms with Gasteiger partial charge in [-0.3, -0.25) is 9.48 Å². The second-order valence-corrected chi connectivity index (χ2v) is 10.1. The SMILES string of the molecule is Cc1c(Nc2nccc(-c3cccc(-c4cc([C@@]5(O)C(=O)N(C)CC5(F)F)on4)n3)n2)cnn1CC(C)(C)O. The molecule has 0 saturated carbocycles. The lowest BCUT2D eigenvalue weighted by Crippen LogP contribution is -2.46. The van der Waals surface area contributed by atoms with Crippen molar-refractivity contribution >= 4 is 17.5 Å². The molecule has 0 aromatic carbocycles. The molecule has 0 aliphatic carbocycles. The summed E-state index contributed by atoms with van der Waals surface area (Å²) in [4.78, 5) is 26.3. The molecular formula is C25H26F2N8O4. The molecule has 1 aliphatic heterocycles. The van der Waals surface area contributed by atoms with E-state index < -0.39 is 35.3 Å². The molecule has 5 rings (SSSR count). The summed E-state index contributed by atoms with van der Waals surface area (Å²) in [6.07, 6.45) is 3.16. The number of rotatable bonds is 7. The van der Waals surface area contributed by atoms with Gasteiger partial charge in [0.05, 0.1) is 53.4 Å². The van der Waals surface area contributed by atoms with Gasteiger partial charge in [-0.05, 0) is 39.0 Å². The van der Waals surface area contributed by atoms with Crippen molar-refractivity contribution < 1.29 is 28.3 Å². The first-order valence-corrected chi connectivity index (χ1v) is 11.9. The first-order valence-electron chi connectivity index (χ1n) is 11.9. The van der Waals surface area contributed by atoms with Gasteiger partial charge in [0.15, 0.2) is 5.76 Å². The fourth-order valence-electron chi connectivity index (χ4n) is 4.27. The first-order chi connectivity index (χ1) is 18.3. The lowest BCUT2D eigenvalue weighted by molar-refractivity contribution is -0.179. The molecule has 0 bridgehead atoms. The molecule has 5 heterocycles. The molecule has 1 saturated heterocycles. The highest BCUT2D eigenvalue weighted by Gasteiger charge is 2.68. The Bertz CT molecular complexity index is 1550. The maximum atomic E-state index is 14.5. The van der Waals surface area contributed by atoms with E-state index in [2.05, 4.69) is 30.5 Å². The van der Waals surface area contributed by atoms with E-state index in [0.717, 1.165) is 16.7 Å². The number of alkyl halides is 2. The van der Waals surface area contributed by atoms with E-state index in [9.17, 15) is 23.8 Å². The Morgan fingerprint density at radius 2 is 1.85 bits per heavy atom. The van der Waals surface area contributed by atoms with Crippen molar-refractivity contribution in [3.8, 4) is 22.8 Å². The fraction of sp³-hybridized carbons (Fsp3) is 0.360. The number of halogens is 2. The number of likely N-dealkylation sites (tertiary alicyclic amines) is 1. The lowest BCUT2D eigenvalue weighted by Gasteiger charge is -2.22. The third-order valence-electron chi connectivity index (χ3n) is 6.30. The molecule has 1 amide bonds. The first kappa shape index (κ1) is 26.3. The zero-order chi connectivity index (χ0) is 28.2.